The van der Waals surface area contributed by atoms with Crippen molar-refractivity contribution in [3.8, 4) is 6.07 Å². The minimum atomic E-state index is -0.206. The molecule has 3 rings (SSSR count). The van der Waals surface area contributed by atoms with Crippen LogP contribution in [-0.4, -0.2) is 28.8 Å². The van der Waals surface area contributed by atoms with E-state index in [4.69, 9.17) is 5.26 Å². The lowest BCUT2D eigenvalue weighted by Gasteiger charge is -2.08. The minimum Gasteiger partial charge on any atom is -0.469 e. The van der Waals surface area contributed by atoms with E-state index >= 15 is 0 Å². The SMILES string of the molecule is COC(=O)CCCSc1nc(Nc2ccc(C#N)cc2)c2sccc2n1. The number of methoxy groups -OCH3 is 1. The normalized spacial score (nSPS) is 10.5. The van der Waals surface area contributed by atoms with Gasteiger partial charge in [-0.05, 0) is 42.1 Å². The summed E-state index contributed by atoms with van der Waals surface area (Å²) in [5.41, 5.74) is 2.36. The van der Waals surface area contributed by atoms with Crippen LogP contribution in [0.3, 0.4) is 0 Å². The Morgan fingerprint density at radius 3 is 2.85 bits per heavy atom. The van der Waals surface area contributed by atoms with E-state index < -0.39 is 0 Å². The second-order valence-electron chi connectivity index (χ2n) is 5.33. The Labute approximate surface area is 159 Å². The maximum Gasteiger partial charge on any atom is 0.305 e. The Hall–Kier alpha value is -2.63. The van der Waals surface area contributed by atoms with Gasteiger partial charge in [0.05, 0.1) is 29.0 Å². The lowest BCUT2D eigenvalue weighted by molar-refractivity contribution is -0.140. The first-order chi connectivity index (χ1) is 12.7. The highest BCUT2D eigenvalue weighted by atomic mass is 32.2. The predicted octanol–water partition coefficient (Wildman–Crippen LogP) is 4.35. The number of carbonyl (C=O) groups is 1. The Morgan fingerprint density at radius 1 is 1.31 bits per heavy atom. The van der Waals surface area contributed by atoms with Crippen molar-refractivity contribution in [1.82, 2.24) is 9.97 Å². The molecule has 0 bridgehead atoms. The van der Waals surface area contributed by atoms with Crippen LogP contribution < -0.4 is 5.32 Å². The van der Waals surface area contributed by atoms with Crippen molar-refractivity contribution in [1.29, 1.82) is 5.26 Å². The average molecular weight is 384 g/mol. The highest BCUT2D eigenvalue weighted by Crippen LogP contribution is 2.31. The number of aromatic nitrogens is 2. The van der Waals surface area contributed by atoms with Gasteiger partial charge in [0.2, 0.25) is 0 Å². The number of nitriles is 1. The fourth-order valence-corrected chi connectivity index (χ4v) is 3.80. The summed E-state index contributed by atoms with van der Waals surface area (Å²) in [5, 5.41) is 14.8. The number of rotatable bonds is 7. The molecule has 0 fully saturated rings. The summed E-state index contributed by atoms with van der Waals surface area (Å²) < 4.78 is 5.62. The summed E-state index contributed by atoms with van der Waals surface area (Å²) in [6.07, 6.45) is 1.10. The second-order valence-corrected chi connectivity index (χ2v) is 7.31. The molecule has 0 atom stereocenters. The molecule has 0 saturated heterocycles. The van der Waals surface area contributed by atoms with Gasteiger partial charge in [-0.15, -0.1) is 11.3 Å². The number of anilines is 2. The molecule has 2 aromatic heterocycles. The van der Waals surface area contributed by atoms with E-state index in [0.29, 0.717) is 23.6 Å². The largest absolute Gasteiger partial charge is 0.469 e. The van der Waals surface area contributed by atoms with E-state index in [1.807, 2.05) is 23.6 Å². The minimum absolute atomic E-state index is 0.206. The van der Waals surface area contributed by atoms with E-state index in [1.54, 1.807) is 23.5 Å². The summed E-state index contributed by atoms with van der Waals surface area (Å²) in [7, 11) is 1.39. The Balaban J connectivity index is 1.75. The summed E-state index contributed by atoms with van der Waals surface area (Å²) in [6, 6.07) is 11.3. The van der Waals surface area contributed by atoms with Crippen molar-refractivity contribution < 1.29 is 9.53 Å². The number of nitrogens with zero attached hydrogens (tertiary/aromatic N) is 3. The van der Waals surface area contributed by atoms with Gasteiger partial charge in [0.25, 0.3) is 0 Å². The number of hydrogen-bond donors (Lipinski definition) is 1. The van der Waals surface area contributed by atoms with Crippen LogP contribution >= 0.6 is 23.1 Å². The number of nitrogens with one attached hydrogen (secondary N) is 1. The number of benzene rings is 1. The third-order valence-corrected chi connectivity index (χ3v) is 5.39. The van der Waals surface area contributed by atoms with E-state index in [2.05, 4.69) is 26.1 Å². The van der Waals surface area contributed by atoms with E-state index in [9.17, 15) is 4.79 Å². The number of ether oxygens (including phenoxy) is 1. The molecule has 1 aromatic carbocycles. The fraction of sp³-hybridized carbons (Fsp3) is 0.222. The topological polar surface area (TPSA) is 87.9 Å². The van der Waals surface area contributed by atoms with Crippen molar-refractivity contribution in [2.24, 2.45) is 0 Å². The standard InChI is InChI=1S/C18H16N4O2S2/c1-24-15(23)3-2-9-26-18-21-14-8-10-25-16(14)17(22-18)20-13-6-4-12(11-19)5-7-13/h4-8,10H,2-3,9H2,1H3,(H,20,21,22). The number of thiophene rings is 1. The van der Waals surface area contributed by atoms with Crippen molar-refractivity contribution in [2.75, 3.05) is 18.2 Å². The molecular weight excluding hydrogens is 368 g/mol. The van der Waals surface area contributed by atoms with Gasteiger partial charge in [0.1, 0.15) is 0 Å². The van der Waals surface area contributed by atoms with Gasteiger partial charge in [-0.1, -0.05) is 11.8 Å². The van der Waals surface area contributed by atoms with Gasteiger partial charge in [-0.2, -0.15) is 5.26 Å². The molecule has 1 N–H and O–H groups in total. The number of esters is 1. The zero-order valence-corrected chi connectivity index (χ0v) is 15.7. The first kappa shape index (κ1) is 18.2. The molecule has 0 aliphatic heterocycles. The Kier molecular flexibility index (Phi) is 6.04. The fourth-order valence-electron chi connectivity index (χ4n) is 2.24. The van der Waals surface area contributed by atoms with Crippen LogP contribution in [0.2, 0.25) is 0 Å². The first-order valence-corrected chi connectivity index (χ1v) is 9.78. The monoisotopic (exact) mass is 384 g/mol. The molecule has 0 amide bonds. The third kappa shape index (κ3) is 4.50. The first-order valence-electron chi connectivity index (χ1n) is 7.91. The van der Waals surface area contributed by atoms with Crippen LogP contribution in [0, 0.1) is 11.3 Å². The summed E-state index contributed by atoms with van der Waals surface area (Å²) >= 11 is 3.09. The van der Waals surface area contributed by atoms with Crippen molar-refractivity contribution >= 4 is 50.8 Å². The Bertz CT molecular complexity index is 948. The van der Waals surface area contributed by atoms with Crippen molar-refractivity contribution in [2.45, 2.75) is 18.0 Å². The van der Waals surface area contributed by atoms with Crippen LogP contribution in [0.15, 0.2) is 40.9 Å². The van der Waals surface area contributed by atoms with Gasteiger partial charge >= 0.3 is 5.97 Å². The molecule has 0 aliphatic rings. The number of carbonyl (C=O) groups excluding carboxylic acids is 1. The lowest BCUT2D eigenvalue weighted by Crippen LogP contribution is -2.01. The maximum atomic E-state index is 11.2. The van der Waals surface area contributed by atoms with Gasteiger partial charge in [0, 0.05) is 17.9 Å². The van der Waals surface area contributed by atoms with Crippen LogP contribution in [0.25, 0.3) is 10.2 Å². The van der Waals surface area contributed by atoms with Crippen LogP contribution in [0.1, 0.15) is 18.4 Å². The number of hydrogen-bond acceptors (Lipinski definition) is 8. The van der Waals surface area contributed by atoms with E-state index in [1.165, 1.54) is 18.9 Å². The van der Waals surface area contributed by atoms with Gasteiger partial charge < -0.3 is 10.1 Å². The molecule has 3 aromatic rings. The molecule has 6 nitrogen and oxygen atoms in total. The molecule has 0 saturated carbocycles. The zero-order valence-electron chi connectivity index (χ0n) is 14.1. The summed E-state index contributed by atoms with van der Waals surface area (Å²) in [6.45, 7) is 0. The van der Waals surface area contributed by atoms with Gasteiger partial charge in [-0.3, -0.25) is 4.79 Å². The molecular formula is C18H16N4O2S2. The molecule has 0 unspecified atom stereocenters. The molecule has 0 aliphatic carbocycles. The maximum absolute atomic E-state index is 11.2. The summed E-state index contributed by atoms with van der Waals surface area (Å²) in [5.74, 6) is 1.27. The molecule has 0 spiro atoms. The number of thioether (sulfide) groups is 1. The second kappa shape index (κ2) is 8.65. The van der Waals surface area contributed by atoms with Gasteiger partial charge in [0.15, 0.2) is 11.0 Å². The van der Waals surface area contributed by atoms with Crippen LogP contribution in [0.5, 0.6) is 0 Å². The molecule has 132 valence electrons. The predicted molar refractivity (Wildman–Crippen MR) is 104 cm³/mol. The molecule has 2 heterocycles. The smallest absolute Gasteiger partial charge is 0.305 e. The zero-order chi connectivity index (χ0) is 18.4. The lowest BCUT2D eigenvalue weighted by atomic mass is 10.2. The van der Waals surface area contributed by atoms with Crippen molar-refractivity contribution in [3.05, 3.63) is 41.3 Å². The van der Waals surface area contributed by atoms with E-state index in [0.717, 1.165) is 27.5 Å². The highest BCUT2D eigenvalue weighted by Gasteiger charge is 2.10. The highest BCUT2D eigenvalue weighted by molar-refractivity contribution is 7.99. The molecule has 8 heteroatoms. The summed E-state index contributed by atoms with van der Waals surface area (Å²) in [4.78, 5) is 20.4. The molecule has 26 heavy (non-hydrogen) atoms. The van der Waals surface area contributed by atoms with E-state index in [-0.39, 0.29) is 5.97 Å². The van der Waals surface area contributed by atoms with Crippen LogP contribution in [0.4, 0.5) is 11.5 Å². The number of fused-ring (bicyclic) bond motifs is 1. The van der Waals surface area contributed by atoms with Gasteiger partial charge in [-0.25, -0.2) is 9.97 Å². The molecule has 0 radical (unpaired) electrons. The van der Waals surface area contributed by atoms with Crippen molar-refractivity contribution in [3.63, 3.8) is 0 Å². The average Bonchev–Trinajstić information content (AvgIpc) is 3.14. The quantitative estimate of drug-likeness (QED) is 0.280. The van der Waals surface area contributed by atoms with Crippen LogP contribution in [-0.2, 0) is 9.53 Å². The third-order valence-electron chi connectivity index (χ3n) is 3.54. The Morgan fingerprint density at radius 2 is 2.12 bits per heavy atom.